The Kier molecular flexibility index (Phi) is 3.44. The second-order valence-electron chi connectivity index (χ2n) is 5.84. The second kappa shape index (κ2) is 5.59. The lowest BCUT2D eigenvalue weighted by atomic mass is 10.1. The van der Waals surface area contributed by atoms with Crippen LogP contribution in [0.1, 0.15) is 17.6 Å². The van der Waals surface area contributed by atoms with E-state index in [2.05, 4.69) is 38.9 Å². The zero-order valence-corrected chi connectivity index (χ0v) is 12.7. The van der Waals surface area contributed by atoms with Crippen LogP contribution in [-0.2, 0) is 13.6 Å². The molecule has 1 N–H and O–H groups in total. The van der Waals surface area contributed by atoms with Crippen LogP contribution in [0.3, 0.4) is 0 Å². The molecule has 4 rings (SSSR count). The summed E-state index contributed by atoms with van der Waals surface area (Å²) < 4.78 is 8.08. The van der Waals surface area contributed by atoms with E-state index in [0.29, 0.717) is 0 Å². The van der Waals surface area contributed by atoms with Crippen LogP contribution in [0.2, 0.25) is 0 Å². The Labute approximate surface area is 129 Å². The van der Waals surface area contributed by atoms with Gasteiger partial charge in [0.2, 0.25) is 0 Å². The van der Waals surface area contributed by atoms with Crippen LogP contribution in [0, 0.1) is 0 Å². The number of hydrogen-bond donors (Lipinski definition) is 1. The van der Waals surface area contributed by atoms with E-state index < -0.39 is 0 Å². The summed E-state index contributed by atoms with van der Waals surface area (Å²) in [6.07, 6.45) is 3.87. The van der Waals surface area contributed by atoms with Gasteiger partial charge in [-0.05, 0) is 12.1 Å². The maximum atomic E-state index is 5.98. The molecule has 0 aliphatic carbocycles. The summed E-state index contributed by atoms with van der Waals surface area (Å²) in [6, 6.07) is 10.6. The summed E-state index contributed by atoms with van der Waals surface area (Å²) in [5.74, 6) is 2.12. The van der Waals surface area contributed by atoms with Crippen LogP contribution in [0.5, 0.6) is 0 Å². The van der Waals surface area contributed by atoms with E-state index >= 15 is 0 Å². The predicted octanol–water partition coefficient (Wildman–Crippen LogP) is 2.31. The molecule has 1 unspecified atom stereocenters. The maximum absolute atomic E-state index is 5.98. The summed E-state index contributed by atoms with van der Waals surface area (Å²) >= 11 is 0. The van der Waals surface area contributed by atoms with Gasteiger partial charge in [0.25, 0.3) is 0 Å². The number of imidazole rings is 1. The summed E-state index contributed by atoms with van der Waals surface area (Å²) in [4.78, 5) is 6.97. The Balaban J connectivity index is 1.60. The molecule has 1 aromatic carbocycles. The summed E-state index contributed by atoms with van der Waals surface area (Å²) in [7, 11) is 2.05. The molecular weight excluding hydrogens is 276 g/mol. The SMILES string of the molecule is Cn1ccnc1C1CNCCN1Cc1cc2ccccc2o1. The number of aromatic nitrogens is 2. The molecule has 0 radical (unpaired) electrons. The molecule has 0 amide bonds. The molecule has 2 aromatic heterocycles. The standard InChI is InChI=1S/C17H20N4O/c1-20-8-7-19-17(20)15-11-18-6-9-21(15)12-14-10-13-4-2-3-5-16(13)22-14/h2-5,7-8,10,15,18H,6,9,11-12H2,1H3. The van der Waals surface area contributed by atoms with E-state index in [1.807, 2.05) is 30.6 Å². The van der Waals surface area contributed by atoms with Crippen LogP contribution in [0.15, 0.2) is 47.1 Å². The molecule has 3 heterocycles. The monoisotopic (exact) mass is 296 g/mol. The number of furan rings is 1. The van der Waals surface area contributed by atoms with Crippen molar-refractivity contribution >= 4 is 11.0 Å². The van der Waals surface area contributed by atoms with Crippen molar-refractivity contribution in [2.75, 3.05) is 19.6 Å². The van der Waals surface area contributed by atoms with Gasteiger partial charge in [0.15, 0.2) is 0 Å². The van der Waals surface area contributed by atoms with Gasteiger partial charge in [0.1, 0.15) is 17.2 Å². The molecule has 1 atom stereocenters. The molecule has 0 bridgehead atoms. The van der Waals surface area contributed by atoms with Crippen molar-refractivity contribution in [1.82, 2.24) is 19.8 Å². The zero-order valence-electron chi connectivity index (χ0n) is 12.7. The molecule has 5 heteroatoms. The van der Waals surface area contributed by atoms with Crippen LogP contribution in [0.25, 0.3) is 11.0 Å². The molecule has 1 aliphatic rings. The molecule has 1 aliphatic heterocycles. The number of para-hydroxylation sites is 1. The number of piperazine rings is 1. The lowest BCUT2D eigenvalue weighted by molar-refractivity contribution is 0.135. The molecule has 1 fully saturated rings. The number of fused-ring (bicyclic) bond motifs is 1. The molecular formula is C17H20N4O. The first-order valence-electron chi connectivity index (χ1n) is 7.71. The largest absolute Gasteiger partial charge is 0.460 e. The molecule has 0 spiro atoms. The predicted molar refractivity (Wildman–Crippen MR) is 85.4 cm³/mol. The van der Waals surface area contributed by atoms with Crippen molar-refractivity contribution in [2.24, 2.45) is 7.05 Å². The number of nitrogens with one attached hydrogen (secondary N) is 1. The first kappa shape index (κ1) is 13.5. The Bertz CT molecular complexity index is 743. The quantitative estimate of drug-likeness (QED) is 0.805. The first-order valence-corrected chi connectivity index (χ1v) is 7.71. The fraction of sp³-hybridized carbons (Fsp3) is 0.353. The minimum Gasteiger partial charge on any atom is -0.460 e. The lowest BCUT2D eigenvalue weighted by Crippen LogP contribution is -2.46. The van der Waals surface area contributed by atoms with Gasteiger partial charge in [-0.15, -0.1) is 0 Å². The van der Waals surface area contributed by atoms with Crippen LogP contribution >= 0.6 is 0 Å². The number of rotatable bonds is 3. The highest BCUT2D eigenvalue weighted by atomic mass is 16.3. The average Bonchev–Trinajstić information content (AvgIpc) is 3.13. The topological polar surface area (TPSA) is 46.2 Å². The number of hydrogen-bond acceptors (Lipinski definition) is 4. The van der Waals surface area contributed by atoms with Crippen LogP contribution in [0.4, 0.5) is 0 Å². The molecule has 1 saturated heterocycles. The van der Waals surface area contributed by atoms with E-state index in [1.165, 1.54) is 5.39 Å². The third-order valence-electron chi connectivity index (χ3n) is 4.35. The molecule has 114 valence electrons. The van der Waals surface area contributed by atoms with Crippen LogP contribution < -0.4 is 5.32 Å². The maximum Gasteiger partial charge on any atom is 0.134 e. The Morgan fingerprint density at radius 3 is 3.09 bits per heavy atom. The second-order valence-corrected chi connectivity index (χ2v) is 5.84. The average molecular weight is 296 g/mol. The van der Waals surface area contributed by atoms with Gasteiger partial charge in [-0.2, -0.15) is 0 Å². The first-order chi connectivity index (χ1) is 10.8. The fourth-order valence-electron chi connectivity index (χ4n) is 3.20. The minimum absolute atomic E-state index is 0.280. The van der Waals surface area contributed by atoms with Crippen molar-refractivity contribution < 1.29 is 4.42 Å². The van der Waals surface area contributed by atoms with Crippen molar-refractivity contribution in [3.63, 3.8) is 0 Å². The normalized spacial score (nSPS) is 19.8. The van der Waals surface area contributed by atoms with Gasteiger partial charge in [-0.1, -0.05) is 18.2 Å². The zero-order chi connectivity index (χ0) is 14.9. The Morgan fingerprint density at radius 2 is 2.27 bits per heavy atom. The summed E-state index contributed by atoms with van der Waals surface area (Å²) in [5.41, 5.74) is 0.959. The van der Waals surface area contributed by atoms with Gasteiger partial charge >= 0.3 is 0 Å². The van der Waals surface area contributed by atoms with Crippen molar-refractivity contribution in [1.29, 1.82) is 0 Å². The number of aryl methyl sites for hydroxylation is 1. The number of nitrogens with zero attached hydrogens (tertiary/aromatic N) is 3. The highest BCUT2D eigenvalue weighted by Gasteiger charge is 2.27. The van der Waals surface area contributed by atoms with E-state index in [0.717, 1.165) is 43.3 Å². The molecule has 3 aromatic rings. The van der Waals surface area contributed by atoms with Gasteiger partial charge in [0.05, 0.1) is 12.6 Å². The third kappa shape index (κ3) is 2.42. The van der Waals surface area contributed by atoms with E-state index in [1.54, 1.807) is 0 Å². The highest BCUT2D eigenvalue weighted by molar-refractivity contribution is 5.77. The summed E-state index contributed by atoms with van der Waals surface area (Å²) in [6.45, 7) is 3.73. The highest BCUT2D eigenvalue weighted by Crippen LogP contribution is 2.25. The van der Waals surface area contributed by atoms with E-state index in [-0.39, 0.29) is 6.04 Å². The molecule has 22 heavy (non-hydrogen) atoms. The smallest absolute Gasteiger partial charge is 0.134 e. The fourth-order valence-corrected chi connectivity index (χ4v) is 3.20. The van der Waals surface area contributed by atoms with Gasteiger partial charge < -0.3 is 14.3 Å². The molecule has 5 nitrogen and oxygen atoms in total. The lowest BCUT2D eigenvalue weighted by Gasteiger charge is -2.35. The Morgan fingerprint density at radius 1 is 1.36 bits per heavy atom. The third-order valence-corrected chi connectivity index (χ3v) is 4.35. The molecule has 0 saturated carbocycles. The van der Waals surface area contributed by atoms with Crippen molar-refractivity contribution in [3.05, 3.63) is 54.3 Å². The van der Waals surface area contributed by atoms with Crippen molar-refractivity contribution in [3.8, 4) is 0 Å². The van der Waals surface area contributed by atoms with E-state index in [9.17, 15) is 0 Å². The van der Waals surface area contributed by atoms with Crippen LogP contribution in [-0.4, -0.2) is 34.1 Å². The van der Waals surface area contributed by atoms with E-state index in [4.69, 9.17) is 4.42 Å². The Hall–Kier alpha value is -2.11. The summed E-state index contributed by atoms with van der Waals surface area (Å²) in [5, 5.41) is 4.63. The van der Waals surface area contributed by atoms with Gasteiger partial charge in [0, 0.05) is 44.5 Å². The van der Waals surface area contributed by atoms with Gasteiger partial charge in [-0.25, -0.2) is 4.98 Å². The van der Waals surface area contributed by atoms with Crippen molar-refractivity contribution in [2.45, 2.75) is 12.6 Å². The van der Waals surface area contributed by atoms with Gasteiger partial charge in [-0.3, -0.25) is 4.90 Å². The minimum atomic E-state index is 0.280. The number of benzene rings is 1.